The number of benzene rings is 2. The normalized spacial score (nSPS) is 16.6. The summed E-state index contributed by atoms with van der Waals surface area (Å²) in [6.07, 6.45) is 1.29. The van der Waals surface area contributed by atoms with Gasteiger partial charge in [0.15, 0.2) is 0 Å². The minimum absolute atomic E-state index is 0.0231. The van der Waals surface area contributed by atoms with Crippen LogP contribution in [-0.4, -0.2) is 37.3 Å². The molecule has 2 aromatic carbocycles. The molecule has 3 rings (SSSR count). The Bertz CT molecular complexity index is 778. The molecular weight excluding hydrogens is 346 g/mol. The third-order valence-corrected chi connectivity index (χ3v) is 5.87. The molecule has 5 heteroatoms. The maximum Gasteiger partial charge on any atom is 0.224 e. The van der Waals surface area contributed by atoms with E-state index in [0.717, 1.165) is 35.8 Å². The summed E-state index contributed by atoms with van der Waals surface area (Å²) in [6, 6.07) is 14.1. The number of amides is 1. The number of nitrogens with zero attached hydrogens (tertiary/aromatic N) is 1. The number of hydrogen-bond acceptors (Lipinski definition) is 4. The van der Waals surface area contributed by atoms with E-state index in [9.17, 15) is 4.79 Å². The summed E-state index contributed by atoms with van der Waals surface area (Å²) < 4.78 is 10.9. The highest BCUT2D eigenvalue weighted by molar-refractivity contribution is 7.99. The highest BCUT2D eigenvalue weighted by Gasteiger charge is 2.32. The van der Waals surface area contributed by atoms with Gasteiger partial charge in [-0.3, -0.25) is 4.79 Å². The van der Waals surface area contributed by atoms with Crippen LogP contribution in [0.2, 0.25) is 0 Å². The van der Waals surface area contributed by atoms with Crippen molar-refractivity contribution in [3.8, 4) is 11.5 Å². The van der Waals surface area contributed by atoms with Crippen molar-refractivity contribution < 1.29 is 14.3 Å². The van der Waals surface area contributed by atoms with Crippen LogP contribution < -0.4 is 9.47 Å². The van der Waals surface area contributed by atoms with Crippen molar-refractivity contribution in [3.63, 3.8) is 0 Å². The van der Waals surface area contributed by atoms with E-state index in [1.165, 1.54) is 11.1 Å². The van der Waals surface area contributed by atoms with E-state index in [-0.39, 0.29) is 11.3 Å². The Labute approximate surface area is 159 Å². The predicted molar refractivity (Wildman–Crippen MR) is 106 cm³/mol. The SMILES string of the molecule is COc1ccc(OC)c(C2SCCN2C(=O)CCc2cccc(C)c2)c1. The molecular formula is C21H25NO3S. The molecule has 1 unspecified atom stereocenters. The van der Waals surface area contributed by atoms with Gasteiger partial charge in [0, 0.05) is 24.3 Å². The summed E-state index contributed by atoms with van der Waals surface area (Å²) in [7, 11) is 3.31. The predicted octanol–water partition coefficient (Wildman–Crippen LogP) is 4.22. The number of aryl methyl sites for hydroxylation is 2. The molecule has 0 N–H and O–H groups in total. The number of methoxy groups -OCH3 is 2. The van der Waals surface area contributed by atoms with E-state index >= 15 is 0 Å². The Morgan fingerprint density at radius 1 is 1.19 bits per heavy atom. The first-order valence-electron chi connectivity index (χ1n) is 8.81. The molecule has 26 heavy (non-hydrogen) atoms. The zero-order valence-corrected chi connectivity index (χ0v) is 16.3. The van der Waals surface area contributed by atoms with Gasteiger partial charge in [-0.2, -0.15) is 0 Å². The second-order valence-electron chi connectivity index (χ2n) is 6.41. The van der Waals surface area contributed by atoms with Gasteiger partial charge in [-0.1, -0.05) is 29.8 Å². The minimum atomic E-state index is -0.0231. The molecule has 1 amide bonds. The van der Waals surface area contributed by atoms with E-state index in [2.05, 4.69) is 25.1 Å². The first-order valence-corrected chi connectivity index (χ1v) is 9.86. The molecule has 138 valence electrons. The summed E-state index contributed by atoms with van der Waals surface area (Å²) in [5.74, 6) is 2.69. The van der Waals surface area contributed by atoms with Crippen molar-refractivity contribution >= 4 is 17.7 Å². The van der Waals surface area contributed by atoms with Crippen molar-refractivity contribution in [3.05, 3.63) is 59.2 Å². The minimum Gasteiger partial charge on any atom is -0.497 e. The van der Waals surface area contributed by atoms with Gasteiger partial charge in [-0.25, -0.2) is 0 Å². The van der Waals surface area contributed by atoms with Crippen molar-refractivity contribution in [1.29, 1.82) is 0 Å². The highest BCUT2D eigenvalue weighted by atomic mass is 32.2. The Morgan fingerprint density at radius 3 is 2.77 bits per heavy atom. The Kier molecular flexibility index (Phi) is 6.09. The van der Waals surface area contributed by atoms with Crippen LogP contribution >= 0.6 is 11.8 Å². The fourth-order valence-corrected chi connectivity index (χ4v) is 4.57. The van der Waals surface area contributed by atoms with Crippen molar-refractivity contribution in [2.24, 2.45) is 0 Å². The zero-order valence-electron chi connectivity index (χ0n) is 15.5. The third-order valence-electron chi connectivity index (χ3n) is 4.62. The Morgan fingerprint density at radius 2 is 2.04 bits per heavy atom. The Balaban J connectivity index is 1.74. The maximum absolute atomic E-state index is 12.9. The van der Waals surface area contributed by atoms with E-state index in [1.807, 2.05) is 29.2 Å². The average molecular weight is 372 g/mol. The second kappa shape index (κ2) is 8.49. The lowest BCUT2D eigenvalue weighted by molar-refractivity contribution is -0.131. The largest absolute Gasteiger partial charge is 0.497 e. The number of carbonyl (C=O) groups is 1. The van der Waals surface area contributed by atoms with Crippen LogP contribution in [-0.2, 0) is 11.2 Å². The fourth-order valence-electron chi connectivity index (χ4n) is 3.28. The topological polar surface area (TPSA) is 38.8 Å². The zero-order chi connectivity index (χ0) is 18.5. The number of hydrogen-bond donors (Lipinski definition) is 0. The van der Waals surface area contributed by atoms with Crippen LogP contribution in [0.5, 0.6) is 11.5 Å². The molecule has 1 atom stereocenters. The fraction of sp³-hybridized carbons (Fsp3) is 0.381. The molecule has 4 nitrogen and oxygen atoms in total. The lowest BCUT2D eigenvalue weighted by Crippen LogP contribution is -2.30. The van der Waals surface area contributed by atoms with Crippen LogP contribution in [0.4, 0.5) is 0 Å². The molecule has 1 fully saturated rings. The monoisotopic (exact) mass is 371 g/mol. The van der Waals surface area contributed by atoms with Crippen LogP contribution in [0.15, 0.2) is 42.5 Å². The molecule has 0 spiro atoms. The van der Waals surface area contributed by atoms with Crippen molar-refractivity contribution in [2.75, 3.05) is 26.5 Å². The van der Waals surface area contributed by atoms with Gasteiger partial charge in [0.25, 0.3) is 0 Å². The van der Waals surface area contributed by atoms with E-state index in [1.54, 1.807) is 26.0 Å². The van der Waals surface area contributed by atoms with Gasteiger partial charge >= 0.3 is 0 Å². The van der Waals surface area contributed by atoms with E-state index in [4.69, 9.17) is 9.47 Å². The first-order chi connectivity index (χ1) is 12.6. The Hall–Kier alpha value is -2.14. The molecule has 1 aliphatic heterocycles. The molecule has 1 aliphatic rings. The standard InChI is InChI=1S/C21H25NO3S/c1-15-5-4-6-16(13-15)7-10-20(23)22-11-12-26-21(22)18-14-17(24-2)8-9-19(18)25-3/h4-6,8-9,13-14,21H,7,10-12H2,1-3H3. The molecule has 2 aromatic rings. The van der Waals surface area contributed by atoms with Gasteiger partial charge < -0.3 is 14.4 Å². The third kappa shape index (κ3) is 4.15. The number of thioether (sulfide) groups is 1. The first kappa shape index (κ1) is 18.6. The van der Waals surface area contributed by atoms with Gasteiger partial charge in [-0.15, -0.1) is 11.8 Å². The molecule has 1 heterocycles. The lowest BCUT2D eigenvalue weighted by Gasteiger charge is -2.26. The summed E-state index contributed by atoms with van der Waals surface area (Å²) in [6.45, 7) is 2.84. The van der Waals surface area contributed by atoms with Crippen LogP contribution in [0.1, 0.15) is 28.5 Å². The molecule has 0 radical (unpaired) electrons. The second-order valence-corrected chi connectivity index (χ2v) is 7.60. The summed E-state index contributed by atoms with van der Waals surface area (Å²) >= 11 is 1.77. The molecule has 0 aromatic heterocycles. The molecule has 0 aliphatic carbocycles. The summed E-state index contributed by atoms with van der Waals surface area (Å²) in [4.78, 5) is 14.9. The van der Waals surface area contributed by atoms with Gasteiger partial charge in [0.2, 0.25) is 5.91 Å². The number of carbonyl (C=O) groups excluding carboxylic acids is 1. The van der Waals surface area contributed by atoms with Crippen LogP contribution in [0.3, 0.4) is 0 Å². The lowest BCUT2D eigenvalue weighted by atomic mass is 10.1. The van der Waals surface area contributed by atoms with Crippen LogP contribution in [0.25, 0.3) is 0 Å². The highest BCUT2D eigenvalue weighted by Crippen LogP contribution is 2.43. The molecule has 1 saturated heterocycles. The molecule has 0 bridgehead atoms. The van der Waals surface area contributed by atoms with E-state index < -0.39 is 0 Å². The van der Waals surface area contributed by atoms with Crippen molar-refractivity contribution in [2.45, 2.75) is 25.1 Å². The quantitative estimate of drug-likeness (QED) is 0.762. The van der Waals surface area contributed by atoms with E-state index in [0.29, 0.717) is 6.42 Å². The smallest absolute Gasteiger partial charge is 0.224 e. The number of ether oxygens (including phenoxy) is 2. The van der Waals surface area contributed by atoms with Crippen molar-refractivity contribution in [1.82, 2.24) is 4.90 Å². The van der Waals surface area contributed by atoms with Gasteiger partial charge in [-0.05, 0) is 37.1 Å². The van der Waals surface area contributed by atoms with Gasteiger partial charge in [0.1, 0.15) is 16.9 Å². The van der Waals surface area contributed by atoms with Gasteiger partial charge in [0.05, 0.1) is 14.2 Å². The maximum atomic E-state index is 12.9. The average Bonchev–Trinajstić information content (AvgIpc) is 3.15. The summed E-state index contributed by atoms with van der Waals surface area (Å²) in [5.41, 5.74) is 3.43. The molecule has 0 saturated carbocycles. The number of rotatable bonds is 6. The van der Waals surface area contributed by atoms with Crippen LogP contribution in [0, 0.1) is 6.92 Å². The summed E-state index contributed by atoms with van der Waals surface area (Å²) in [5, 5.41) is -0.0231.